The quantitative estimate of drug-likeness (QED) is 0.666. The number of hydrogen-bond donors (Lipinski definition) is 3. The van der Waals surface area contributed by atoms with Crippen LogP contribution in [-0.2, 0) is 9.59 Å². The highest BCUT2D eigenvalue weighted by molar-refractivity contribution is 5.81. The van der Waals surface area contributed by atoms with Crippen LogP contribution in [0.1, 0.15) is 45.4 Å². The summed E-state index contributed by atoms with van der Waals surface area (Å²) < 4.78 is 0. The zero-order valence-electron chi connectivity index (χ0n) is 11.1. The van der Waals surface area contributed by atoms with Gasteiger partial charge in [0.1, 0.15) is 0 Å². The Bertz CT molecular complexity index is 273. The van der Waals surface area contributed by atoms with E-state index in [1.54, 1.807) is 0 Å². The van der Waals surface area contributed by atoms with E-state index in [2.05, 4.69) is 10.6 Å². The molecule has 1 aliphatic rings. The van der Waals surface area contributed by atoms with Gasteiger partial charge in [0, 0.05) is 13.0 Å². The molecule has 0 aliphatic carbocycles. The van der Waals surface area contributed by atoms with Gasteiger partial charge < -0.3 is 15.7 Å². The molecule has 1 fully saturated rings. The minimum absolute atomic E-state index is 0.0146. The number of nitrogens with one attached hydrogen (secondary N) is 2. The van der Waals surface area contributed by atoms with Crippen molar-refractivity contribution in [2.75, 3.05) is 13.1 Å². The van der Waals surface area contributed by atoms with Gasteiger partial charge in [-0.15, -0.1) is 0 Å². The minimum Gasteiger partial charge on any atom is -0.481 e. The lowest BCUT2D eigenvalue weighted by molar-refractivity contribution is -0.138. The molecule has 0 radical (unpaired) electrons. The number of carbonyl (C=O) groups is 2. The fourth-order valence-electron chi connectivity index (χ4n) is 2.23. The van der Waals surface area contributed by atoms with Crippen LogP contribution in [0, 0.1) is 5.92 Å². The van der Waals surface area contributed by atoms with E-state index in [9.17, 15) is 9.59 Å². The third-order valence-electron chi connectivity index (χ3n) is 3.48. The molecule has 2 atom stereocenters. The molecular weight excluding hydrogens is 232 g/mol. The van der Waals surface area contributed by atoms with Crippen molar-refractivity contribution in [3.05, 3.63) is 0 Å². The van der Waals surface area contributed by atoms with Crippen molar-refractivity contribution in [2.45, 2.75) is 51.5 Å². The fraction of sp³-hybridized carbons (Fsp3) is 0.846. The first-order chi connectivity index (χ1) is 8.63. The Labute approximate surface area is 108 Å². The number of aliphatic carboxylic acids is 1. The summed E-state index contributed by atoms with van der Waals surface area (Å²) in [6, 6.07) is -0.102. The predicted molar refractivity (Wildman–Crippen MR) is 69.3 cm³/mol. The van der Waals surface area contributed by atoms with Gasteiger partial charge in [-0.25, -0.2) is 0 Å². The maximum atomic E-state index is 11.9. The van der Waals surface area contributed by atoms with Crippen LogP contribution < -0.4 is 10.6 Å². The second-order valence-electron chi connectivity index (χ2n) is 4.97. The van der Waals surface area contributed by atoms with Crippen molar-refractivity contribution in [2.24, 2.45) is 5.92 Å². The first-order valence-electron chi connectivity index (χ1n) is 6.86. The van der Waals surface area contributed by atoms with Crippen LogP contribution in [-0.4, -0.2) is 36.1 Å². The Hall–Kier alpha value is -1.10. The van der Waals surface area contributed by atoms with Gasteiger partial charge in [0.25, 0.3) is 0 Å². The molecule has 3 N–H and O–H groups in total. The molecule has 1 saturated heterocycles. The van der Waals surface area contributed by atoms with E-state index in [1.807, 2.05) is 6.92 Å². The maximum absolute atomic E-state index is 11.9. The molecule has 0 aromatic rings. The summed E-state index contributed by atoms with van der Waals surface area (Å²) in [6.45, 7) is 3.30. The van der Waals surface area contributed by atoms with Gasteiger partial charge in [0.2, 0.25) is 5.91 Å². The van der Waals surface area contributed by atoms with E-state index < -0.39 is 5.97 Å². The van der Waals surface area contributed by atoms with Gasteiger partial charge >= 0.3 is 5.97 Å². The number of carboxylic acid groups (broad SMARTS) is 1. The highest BCUT2D eigenvalue weighted by atomic mass is 16.4. The lowest BCUT2D eigenvalue weighted by Gasteiger charge is -2.18. The van der Waals surface area contributed by atoms with Crippen molar-refractivity contribution < 1.29 is 14.7 Å². The van der Waals surface area contributed by atoms with Crippen LogP contribution in [0.5, 0.6) is 0 Å². The first-order valence-corrected chi connectivity index (χ1v) is 6.86. The molecule has 18 heavy (non-hydrogen) atoms. The Balaban J connectivity index is 2.31. The van der Waals surface area contributed by atoms with Crippen molar-refractivity contribution in [1.82, 2.24) is 10.6 Å². The highest BCUT2D eigenvalue weighted by Gasteiger charge is 2.20. The summed E-state index contributed by atoms with van der Waals surface area (Å²) in [6.07, 6.45) is 5.15. The van der Waals surface area contributed by atoms with E-state index in [1.165, 1.54) is 6.42 Å². The summed E-state index contributed by atoms with van der Waals surface area (Å²) in [5.74, 6) is -0.762. The molecule has 0 aromatic heterocycles. The molecule has 1 heterocycles. The van der Waals surface area contributed by atoms with Crippen molar-refractivity contribution in [1.29, 1.82) is 0 Å². The van der Waals surface area contributed by atoms with E-state index >= 15 is 0 Å². The Morgan fingerprint density at radius 2 is 2.17 bits per heavy atom. The topological polar surface area (TPSA) is 78.4 Å². The van der Waals surface area contributed by atoms with E-state index in [4.69, 9.17) is 5.11 Å². The molecule has 0 saturated carbocycles. The van der Waals surface area contributed by atoms with Crippen LogP contribution in [0.2, 0.25) is 0 Å². The zero-order chi connectivity index (χ0) is 13.4. The number of carboxylic acids is 1. The Morgan fingerprint density at radius 1 is 1.39 bits per heavy atom. The first kappa shape index (κ1) is 15.0. The van der Waals surface area contributed by atoms with E-state index in [-0.39, 0.29) is 24.3 Å². The third-order valence-corrected chi connectivity index (χ3v) is 3.48. The molecule has 1 amide bonds. The minimum atomic E-state index is -0.802. The molecule has 5 heteroatoms. The second kappa shape index (κ2) is 8.08. The van der Waals surface area contributed by atoms with Gasteiger partial charge in [-0.3, -0.25) is 9.59 Å². The molecule has 0 aromatic carbocycles. The van der Waals surface area contributed by atoms with Gasteiger partial charge in [0.15, 0.2) is 0 Å². The van der Waals surface area contributed by atoms with Gasteiger partial charge in [-0.05, 0) is 25.3 Å². The Morgan fingerprint density at radius 3 is 2.83 bits per heavy atom. The molecule has 0 bridgehead atoms. The molecule has 104 valence electrons. The molecule has 0 spiro atoms. The van der Waals surface area contributed by atoms with E-state index in [0.29, 0.717) is 6.54 Å². The van der Waals surface area contributed by atoms with Crippen LogP contribution >= 0.6 is 0 Å². The van der Waals surface area contributed by atoms with Crippen LogP contribution in [0.4, 0.5) is 0 Å². The molecule has 1 aliphatic heterocycles. The van der Waals surface area contributed by atoms with Crippen LogP contribution in [0.25, 0.3) is 0 Å². The lowest BCUT2D eigenvalue weighted by atomic mass is 10.0. The number of rotatable bonds is 6. The largest absolute Gasteiger partial charge is 0.481 e. The average Bonchev–Trinajstić information content (AvgIpc) is 2.62. The second-order valence-corrected chi connectivity index (χ2v) is 4.97. The smallest absolute Gasteiger partial charge is 0.303 e. The third kappa shape index (κ3) is 5.49. The summed E-state index contributed by atoms with van der Waals surface area (Å²) in [5.41, 5.74) is 0. The van der Waals surface area contributed by atoms with Crippen molar-refractivity contribution >= 4 is 11.9 Å². The van der Waals surface area contributed by atoms with Crippen molar-refractivity contribution in [3.8, 4) is 0 Å². The summed E-state index contributed by atoms with van der Waals surface area (Å²) in [4.78, 5) is 22.6. The van der Waals surface area contributed by atoms with Crippen LogP contribution in [0.3, 0.4) is 0 Å². The zero-order valence-corrected chi connectivity index (χ0v) is 11.1. The van der Waals surface area contributed by atoms with Gasteiger partial charge in [0.05, 0.1) is 6.04 Å². The van der Waals surface area contributed by atoms with Crippen LogP contribution in [0.15, 0.2) is 0 Å². The standard InChI is InChI=1S/C13H24N2O3/c1-2-10(8-12(16)17)9-15-13(18)11-6-4-3-5-7-14-11/h10-11,14H,2-9H2,1H3,(H,15,18)(H,16,17). The van der Waals surface area contributed by atoms with Gasteiger partial charge in [-0.2, -0.15) is 0 Å². The average molecular weight is 256 g/mol. The van der Waals surface area contributed by atoms with E-state index in [0.717, 1.165) is 32.2 Å². The molecule has 2 unspecified atom stereocenters. The molecule has 5 nitrogen and oxygen atoms in total. The normalized spacial score (nSPS) is 21.9. The number of amides is 1. The SMILES string of the molecule is CCC(CNC(=O)C1CCCCCN1)CC(=O)O. The monoisotopic (exact) mass is 256 g/mol. The summed E-state index contributed by atoms with van der Waals surface area (Å²) >= 11 is 0. The Kier molecular flexibility index (Phi) is 6.72. The lowest BCUT2D eigenvalue weighted by Crippen LogP contribution is -2.45. The summed E-state index contributed by atoms with van der Waals surface area (Å²) in [5, 5.41) is 14.8. The van der Waals surface area contributed by atoms with Gasteiger partial charge in [-0.1, -0.05) is 26.2 Å². The number of hydrogen-bond acceptors (Lipinski definition) is 3. The maximum Gasteiger partial charge on any atom is 0.303 e. The summed E-state index contributed by atoms with van der Waals surface area (Å²) in [7, 11) is 0. The predicted octanol–water partition coefficient (Wildman–Crippen LogP) is 1.14. The molecule has 1 rings (SSSR count). The highest BCUT2D eigenvalue weighted by Crippen LogP contribution is 2.10. The number of carbonyl (C=O) groups excluding carboxylic acids is 1. The molecular formula is C13H24N2O3. The fourth-order valence-corrected chi connectivity index (χ4v) is 2.23. The van der Waals surface area contributed by atoms with Crippen molar-refractivity contribution in [3.63, 3.8) is 0 Å².